The van der Waals surface area contributed by atoms with E-state index in [1.807, 2.05) is 32.0 Å². The van der Waals surface area contributed by atoms with E-state index in [9.17, 15) is 8.42 Å². The third-order valence-corrected chi connectivity index (χ3v) is 3.78. The van der Waals surface area contributed by atoms with E-state index in [0.717, 1.165) is 11.1 Å². The number of sulfone groups is 1. The highest BCUT2D eigenvalue weighted by Gasteiger charge is 2.17. The number of benzene rings is 1. The van der Waals surface area contributed by atoms with Crippen LogP contribution >= 0.6 is 0 Å². The van der Waals surface area contributed by atoms with E-state index in [1.54, 1.807) is 7.05 Å². The van der Waals surface area contributed by atoms with Gasteiger partial charge in [-0.2, -0.15) is 0 Å². The zero-order valence-corrected chi connectivity index (χ0v) is 11.1. The largest absolute Gasteiger partial charge is 0.312 e. The van der Waals surface area contributed by atoms with Crippen LogP contribution in [0.2, 0.25) is 0 Å². The molecule has 0 radical (unpaired) electrons. The van der Waals surface area contributed by atoms with Gasteiger partial charge in [-0.25, -0.2) is 8.42 Å². The van der Waals surface area contributed by atoms with Gasteiger partial charge >= 0.3 is 0 Å². The minimum absolute atomic E-state index is 0.130. The van der Waals surface area contributed by atoms with Crippen molar-refractivity contribution in [3.63, 3.8) is 0 Å². The maximum Gasteiger partial charge on any atom is 0.149 e. The van der Waals surface area contributed by atoms with Crippen molar-refractivity contribution in [1.29, 1.82) is 0 Å². The Balaban J connectivity index is 3.09. The predicted molar refractivity (Wildman–Crippen MR) is 67.4 cm³/mol. The van der Waals surface area contributed by atoms with E-state index in [1.165, 1.54) is 11.8 Å². The van der Waals surface area contributed by atoms with Gasteiger partial charge in [-0.1, -0.05) is 18.2 Å². The molecule has 3 nitrogen and oxygen atoms in total. The number of nitrogens with one attached hydrogen (secondary N) is 1. The molecule has 1 rings (SSSR count). The van der Waals surface area contributed by atoms with Crippen LogP contribution < -0.4 is 5.32 Å². The summed E-state index contributed by atoms with van der Waals surface area (Å²) in [5.41, 5.74) is 3.41. The van der Waals surface area contributed by atoms with E-state index in [0.29, 0.717) is 0 Å². The van der Waals surface area contributed by atoms with Gasteiger partial charge in [0.15, 0.2) is 0 Å². The van der Waals surface area contributed by atoms with Crippen LogP contribution in [0.1, 0.15) is 22.7 Å². The Bertz CT molecular complexity index is 466. The Morgan fingerprint density at radius 3 is 2.44 bits per heavy atom. The number of hydrogen-bond donors (Lipinski definition) is 1. The monoisotopic (exact) mass is 241 g/mol. The van der Waals surface area contributed by atoms with Gasteiger partial charge in [0.25, 0.3) is 0 Å². The predicted octanol–water partition coefficient (Wildman–Crippen LogP) is 1.61. The lowest BCUT2D eigenvalue weighted by Gasteiger charge is -2.19. The molecule has 1 aromatic rings. The Kier molecular flexibility index (Phi) is 4.10. The first-order valence-corrected chi connectivity index (χ1v) is 7.32. The molecule has 1 atom stereocenters. The van der Waals surface area contributed by atoms with Crippen LogP contribution in [-0.2, 0) is 9.84 Å². The molecule has 0 amide bonds. The van der Waals surface area contributed by atoms with Crippen LogP contribution in [0.25, 0.3) is 0 Å². The fourth-order valence-corrected chi connectivity index (χ4v) is 2.73. The molecule has 90 valence electrons. The van der Waals surface area contributed by atoms with Gasteiger partial charge in [0, 0.05) is 12.3 Å². The SMILES string of the molecule is CNC(CS(C)(=O)=O)c1cccc(C)c1C. The Hall–Kier alpha value is -0.870. The summed E-state index contributed by atoms with van der Waals surface area (Å²) >= 11 is 0. The molecule has 0 heterocycles. The second kappa shape index (κ2) is 4.97. The molecule has 0 saturated heterocycles. The van der Waals surface area contributed by atoms with Crippen molar-refractivity contribution in [2.75, 3.05) is 19.1 Å². The first kappa shape index (κ1) is 13.2. The van der Waals surface area contributed by atoms with Crippen LogP contribution in [0, 0.1) is 13.8 Å². The van der Waals surface area contributed by atoms with Crippen molar-refractivity contribution in [2.45, 2.75) is 19.9 Å². The van der Waals surface area contributed by atoms with Gasteiger partial charge in [0.2, 0.25) is 0 Å². The summed E-state index contributed by atoms with van der Waals surface area (Å²) in [6, 6.07) is 5.85. The number of aryl methyl sites for hydroxylation is 1. The standard InChI is InChI=1S/C12H19NO2S/c1-9-6-5-7-11(10(9)2)12(13-3)8-16(4,14)15/h5-7,12-13H,8H2,1-4H3. The molecule has 0 aliphatic rings. The molecule has 0 fully saturated rings. The van der Waals surface area contributed by atoms with Gasteiger partial charge in [-0.15, -0.1) is 0 Å². The summed E-state index contributed by atoms with van der Waals surface area (Å²) in [6.45, 7) is 4.06. The smallest absolute Gasteiger partial charge is 0.149 e. The van der Waals surface area contributed by atoms with Gasteiger partial charge in [0.1, 0.15) is 9.84 Å². The minimum atomic E-state index is -2.98. The van der Waals surface area contributed by atoms with Crippen LogP contribution in [-0.4, -0.2) is 27.5 Å². The zero-order chi connectivity index (χ0) is 12.3. The lowest BCUT2D eigenvalue weighted by molar-refractivity contribution is 0.578. The lowest BCUT2D eigenvalue weighted by atomic mass is 9.98. The molecule has 1 N–H and O–H groups in total. The molecule has 4 heteroatoms. The van der Waals surface area contributed by atoms with Crippen molar-refractivity contribution in [1.82, 2.24) is 5.32 Å². The summed E-state index contributed by atoms with van der Waals surface area (Å²) < 4.78 is 22.7. The first-order valence-electron chi connectivity index (χ1n) is 5.26. The van der Waals surface area contributed by atoms with Crippen LogP contribution in [0.4, 0.5) is 0 Å². The van der Waals surface area contributed by atoms with E-state index in [2.05, 4.69) is 5.32 Å². The van der Waals surface area contributed by atoms with E-state index < -0.39 is 9.84 Å². The van der Waals surface area contributed by atoms with E-state index >= 15 is 0 Å². The molecule has 0 aliphatic heterocycles. The lowest BCUT2D eigenvalue weighted by Crippen LogP contribution is -2.25. The molecule has 0 saturated carbocycles. The van der Waals surface area contributed by atoms with Gasteiger partial charge in [-0.05, 0) is 37.6 Å². The van der Waals surface area contributed by atoms with E-state index in [-0.39, 0.29) is 11.8 Å². The molecule has 0 spiro atoms. The second-order valence-electron chi connectivity index (χ2n) is 4.22. The second-order valence-corrected chi connectivity index (χ2v) is 6.41. The maximum absolute atomic E-state index is 11.3. The van der Waals surface area contributed by atoms with Crippen LogP contribution in [0.3, 0.4) is 0 Å². The molecule has 0 bridgehead atoms. The summed E-state index contributed by atoms with van der Waals surface area (Å²) in [5, 5.41) is 3.06. The van der Waals surface area contributed by atoms with Gasteiger partial charge in [0.05, 0.1) is 5.75 Å². The fraction of sp³-hybridized carbons (Fsp3) is 0.500. The van der Waals surface area contributed by atoms with Crippen LogP contribution in [0.5, 0.6) is 0 Å². The van der Waals surface area contributed by atoms with Gasteiger partial charge in [-0.3, -0.25) is 0 Å². The number of hydrogen-bond acceptors (Lipinski definition) is 3. The molecular weight excluding hydrogens is 222 g/mol. The zero-order valence-electron chi connectivity index (χ0n) is 10.2. The first-order chi connectivity index (χ1) is 7.35. The van der Waals surface area contributed by atoms with Crippen molar-refractivity contribution >= 4 is 9.84 Å². The third-order valence-electron chi connectivity index (χ3n) is 2.84. The Morgan fingerprint density at radius 1 is 1.31 bits per heavy atom. The molecule has 0 aliphatic carbocycles. The van der Waals surface area contributed by atoms with Crippen molar-refractivity contribution in [3.05, 3.63) is 34.9 Å². The average Bonchev–Trinajstić information content (AvgIpc) is 2.18. The summed E-state index contributed by atoms with van der Waals surface area (Å²) in [4.78, 5) is 0. The quantitative estimate of drug-likeness (QED) is 0.871. The topological polar surface area (TPSA) is 46.2 Å². The molecular formula is C12H19NO2S. The molecule has 1 aromatic carbocycles. The molecule has 16 heavy (non-hydrogen) atoms. The van der Waals surface area contributed by atoms with Crippen LogP contribution in [0.15, 0.2) is 18.2 Å². The van der Waals surface area contributed by atoms with Crippen molar-refractivity contribution in [3.8, 4) is 0 Å². The summed E-state index contributed by atoms with van der Waals surface area (Å²) in [6.07, 6.45) is 1.27. The summed E-state index contributed by atoms with van der Waals surface area (Å²) in [5.74, 6) is 0.133. The third kappa shape index (κ3) is 3.32. The van der Waals surface area contributed by atoms with Crippen molar-refractivity contribution < 1.29 is 8.42 Å². The molecule has 1 unspecified atom stereocenters. The highest BCUT2D eigenvalue weighted by atomic mass is 32.2. The minimum Gasteiger partial charge on any atom is -0.312 e. The summed E-state index contributed by atoms with van der Waals surface area (Å²) in [7, 11) is -1.19. The highest BCUT2D eigenvalue weighted by molar-refractivity contribution is 7.90. The van der Waals surface area contributed by atoms with Crippen molar-refractivity contribution in [2.24, 2.45) is 0 Å². The highest BCUT2D eigenvalue weighted by Crippen LogP contribution is 2.21. The number of rotatable bonds is 4. The average molecular weight is 241 g/mol. The normalized spacial score (nSPS) is 13.8. The van der Waals surface area contributed by atoms with Gasteiger partial charge < -0.3 is 5.32 Å². The Morgan fingerprint density at radius 2 is 1.94 bits per heavy atom. The molecule has 0 aromatic heterocycles. The Labute approximate surface area is 97.8 Å². The fourth-order valence-electron chi connectivity index (χ4n) is 1.78. The maximum atomic E-state index is 11.3. The van der Waals surface area contributed by atoms with E-state index in [4.69, 9.17) is 0 Å².